The van der Waals surface area contributed by atoms with Crippen LogP contribution in [0.25, 0.3) is 0 Å². The first-order valence-electron chi connectivity index (χ1n) is 31.1. The molecule has 6 atom stereocenters. The van der Waals surface area contributed by atoms with Crippen LogP contribution in [0.1, 0.15) is 296 Å². The fourth-order valence-corrected chi connectivity index (χ4v) is 10.4. The van der Waals surface area contributed by atoms with E-state index in [4.69, 9.17) is 18.9 Å². The van der Waals surface area contributed by atoms with Gasteiger partial charge in [-0.15, -0.1) is 0 Å². The van der Waals surface area contributed by atoms with Crippen molar-refractivity contribution in [3.8, 4) is 0 Å². The van der Waals surface area contributed by atoms with Crippen LogP contribution in [0.15, 0.2) is 24.3 Å². The van der Waals surface area contributed by atoms with Gasteiger partial charge in [-0.3, -0.25) is 9.35 Å². The Morgan fingerprint density at radius 3 is 1.28 bits per heavy atom. The lowest BCUT2D eigenvalue weighted by molar-refractivity contribution is -0.301. The predicted octanol–water partition coefficient (Wildman–Crippen LogP) is 15.9. The Hall–Kier alpha value is -1.42. The summed E-state index contributed by atoms with van der Waals surface area (Å²) in [5, 5.41) is 30.9. The molecule has 0 aromatic rings. The second-order valence-corrected chi connectivity index (χ2v) is 22.7. The van der Waals surface area contributed by atoms with Gasteiger partial charge in [0.25, 0.3) is 0 Å². The van der Waals surface area contributed by atoms with Crippen LogP contribution in [0.2, 0.25) is 0 Å². The molecule has 0 aromatic carbocycles. The Morgan fingerprint density at radius 1 is 0.514 bits per heavy atom. The van der Waals surface area contributed by atoms with Crippen LogP contribution in [0.4, 0.5) is 0 Å². The zero-order valence-corrected chi connectivity index (χ0v) is 48.5. The van der Waals surface area contributed by atoms with Crippen LogP contribution in [0, 0.1) is 0 Å². The number of carbonyl (C=O) groups is 1. The Bertz CT molecular complexity index is 1380. The van der Waals surface area contributed by atoms with Crippen LogP contribution in [0.3, 0.4) is 0 Å². The molecule has 1 saturated heterocycles. The average Bonchev–Trinajstić information content (AvgIpc) is 3.38. The number of rotatable bonds is 56. The monoisotopic (exact) mass is 1070 g/mol. The maximum atomic E-state index is 13.0. The lowest BCUT2D eigenvalue weighted by Gasteiger charge is -2.41. The third-order valence-electron chi connectivity index (χ3n) is 14.6. The van der Waals surface area contributed by atoms with Crippen molar-refractivity contribution in [2.75, 3.05) is 26.4 Å². The fourth-order valence-electron chi connectivity index (χ4n) is 9.88. The van der Waals surface area contributed by atoms with E-state index in [0.29, 0.717) is 13.0 Å². The fraction of sp³-hybridized carbons (Fsp3) is 0.918. The zero-order chi connectivity index (χ0) is 53.8. The maximum absolute atomic E-state index is 13.0. The average molecular weight is 1070 g/mol. The Balaban J connectivity index is 2.25. The van der Waals surface area contributed by atoms with Gasteiger partial charge in [-0.1, -0.05) is 269 Å². The van der Waals surface area contributed by atoms with Crippen molar-refractivity contribution >= 4 is 16.4 Å². The minimum absolute atomic E-state index is 0.0388. The van der Waals surface area contributed by atoms with Crippen LogP contribution >= 0.6 is 0 Å². The number of allylic oxidation sites excluding steroid dienone is 4. The van der Waals surface area contributed by atoms with Gasteiger partial charge in [0.05, 0.1) is 19.8 Å². The van der Waals surface area contributed by atoms with Gasteiger partial charge in [0.2, 0.25) is 0 Å². The van der Waals surface area contributed by atoms with Gasteiger partial charge < -0.3 is 34.3 Å². The molecule has 13 heteroatoms. The van der Waals surface area contributed by atoms with Gasteiger partial charge in [0.1, 0.15) is 30.5 Å². The molecule has 1 heterocycles. The quantitative estimate of drug-likeness (QED) is 0.0196. The van der Waals surface area contributed by atoms with E-state index in [1.165, 1.54) is 225 Å². The van der Waals surface area contributed by atoms with Gasteiger partial charge in [0.15, 0.2) is 6.29 Å². The van der Waals surface area contributed by atoms with E-state index in [1.54, 1.807) is 0 Å². The minimum Gasteiger partial charge on any atom is -0.457 e. The molecule has 0 aromatic heterocycles. The van der Waals surface area contributed by atoms with Crippen molar-refractivity contribution < 1.29 is 56.2 Å². The number of carbonyl (C=O) groups excluding carboxylic acids is 1. The summed E-state index contributed by atoms with van der Waals surface area (Å²) in [5.41, 5.74) is 0. The first-order chi connectivity index (χ1) is 36.1. The summed E-state index contributed by atoms with van der Waals surface area (Å²) in [4.78, 5) is 13.0. The summed E-state index contributed by atoms with van der Waals surface area (Å²) in [6.45, 7) is 4.05. The molecule has 1 rings (SSSR count). The van der Waals surface area contributed by atoms with Crippen LogP contribution in [0.5, 0.6) is 0 Å². The molecule has 4 N–H and O–H groups in total. The number of unbranched alkanes of at least 4 members (excludes halogenated alkanes) is 39. The molecule has 6 unspecified atom stereocenters. The van der Waals surface area contributed by atoms with Crippen molar-refractivity contribution in [3.63, 3.8) is 0 Å². The normalized spacial score (nSPS) is 18.8. The highest BCUT2D eigenvalue weighted by Gasteiger charge is 2.48. The highest BCUT2D eigenvalue weighted by atomic mass is 32.3. The molecule has 1 aliphatic rings. The first-order valence-corrected chi connectivity index (χ1v) is 32.5. The highest BCUT2D eigenvalue weighted by molar-refractivity contribution is 7.80. The van der Waals surface area contributed by atoms with E-state index in [9.17, 15) is 33.1 Å². The maximum Gasteiger partial charge on any atom is 0.397 e. The molecule has 0 saturated carbocycles. The van der Waals surface area contributed by atoms with Crippen LogP contribution < -0.4 is 0 Å². The number of aliphatic hydroxyl groups excluding tert-OH is 3. The van der Waals surface area contributed by atoms with Gasteiger partial charge in [-0.2, -0.15) is 8.42 Å². The summed E-state index contributed by atoms with van der Waals surface area (Å²) >= 11 is 0. The first kappa shape index (κ1) is 70.6. The highest BCUT2D eigenvalue weighted by Crippen LogP contribution is 2.26. The van der Waals surface area contributed by atoms with Crippen LogP contribution in [-0.2, 0) is 38.3 Å². The molecule has 0 aliphatic carbocycles. The molecular weight excluding hydrogens is 957 g/mol. The molecule has 438 valence electrons. The minimum atomic E-state index is -5.07. The molecular formula is C61H116O12S. The largest absolute Gasteiger partial charge is 0.457 e. The summed E-state index contributed by atoms with van der Waals surface area (Å²) in [6.07, 6.45) is 55.1. The molecule has 12 nitrogen and oxygen atoms in total. The summed E-state index contributed by atoms with van der Waals surface area (Å²) < 4.78 is 59.5. The van der Waals surface area contributed by atoms with Crippen molar-refractivity contribution in [1.29, 1.82) is 0 Å². The molecule has 0 spiro atoms. The van der Waals surface area contributed by atoms with Crippen molar-refractivity contribution in [2.24, 2.45) is 0 Å². The van der Waals surface area contributed by atoms with Gasteiger partial charge >= 0.3 is 16.4 Å². The Morgan fingerprint density at radius 2 is 0.892 bits per heavy atom. The summed E-state index contributed by atoms with van der Waals surface area (Å²) in [7, 11) is -5.07. The second kappa shape index (κ2) is 52.3. The lowest BCUT2D eigenvalue weighted by Crippen LogP contribution is -2.60. The van der Waals surface area contributed by atoms with E-state index in [2.05, 4.69) is 42.3 Å². The molecule has 74 heavy (non-hydrogen) atoms. The third-order valence-corrected chi connectivity index (χ3v) is 15.0. The van der Waals surface area contributed by atoms with E-state index in [1.807, 2.05) is 0 Å². The van der Waals surface area contributed by atoms with Crippen molar-refractivity contribution in [3.05, 3.63) is 24.3 Å². The number of aliphatic hydroxyl groups is 3. The zero-order valence-electron chi connectivity index (χ0n) is 47.7. The lowest BCUT2D eigenvalue weighted by atomic mass is 9.99. The van der Waals surface area contributed by atoms with Crippen LogP contribution in [-0.4, -0.2) is 97.5 Å². The summed E-state index contributed by atoms with van der Waals surface area (Å²) in [5.74, 6) is -0.392. The third kappa shape index (κ3) is 44.5. The van der Waals surface area contributed by atoms with E-state index >= 15 is 0 Å². The van der Waals surface area contributed by atoms with E-state index in [-0.39, 0.29) is 19.6 Å². The molecule has 0 amide bonds. The second-order valence-electron chi connectivity index (χ2n) is 21.7. The molecule has 1 aliphatic heterocycles. The topological polar surface area (TPSA) is 178 Å². The number of hydrogen-bond acceptors (Lipinski definition) is 11. The Kier molecular flexibility index (Phi) is 49.9. The molecule has 1 fully saturated rings. The number of ether oxygens (including phenoxy) is 4. The van der Waals surface area contributed by atoms with Gasteiger partial charge in [0, 0.05) is 13.0 Å². The molecule has 0 bridgehead atoms. The number of hydrogen-bond donors (Lipinski definition) is 4. The van der Waals surface area contributed by atoms with Gasteiger partial charge in [-0.05, 0) is 44.9 Å². The van der Waals surface area contributed by atoms with E-state index < -0.39 is 59.8 Å². The van der Waals surface area contributed by atoms with E-state index in [0.717, 1.165) is 44.9 Å². The van der Waals surface area contributed by atoms with Gasteiger partial charge in [-0.25, -0.2) is 4.18 Å². The predicted molar refractivity (Wildman–Crippen MR) is 304 cm³/mol. The SMILES string of the molecule is CCCCCCC/C=C\C/C=C\CCCCCCCCCCCCOCC(COC1OC(CO)C(O)C(OS(=O)(=O)O)C1O)OC(=O)CCCCCCCCCCCCCCCCCCCCCCCCCCC. The standard InChI is InChI=1S/C61H116O12S/c1-3-5-7-9-11-13-15-17-19-21-23-25-27-28-29-30-32-34-36-38-40-42-44-46-48-50-57(63)71-55(54-70-61-59(65)60(73-74(66,67)68)58(64)56(52-62)72-61)53-69-51-49-47-45-43-41-39-37-35-33-31-26-24-22-20-18-16-14-12-10-8-6-4-2/h16,18,22,24,55-56,58-62,64-65H,3-15,17,19-21,23,25-54H2,1-2H3,(H,66,67,68)/b18-16-,24-22-. The van der Waals surface area contributed by atoms with Crippen molar-refractivity contribution in [2.45, 2.75) is 333 Å². The van der Waals surface area contributed by atoms with Crippen molar-refractivity contribution in [1.82, 2.24) is 0 Å². The molecule has 0 radical (unpaired) electrons. The Labute approximate surface area is 454 Å². The summed E-state index contributed by atoms with van der Waals surface area (Å²) in [6, 6.07) is 0. The smallest absolute Gasteiger partial charge is 0.397 e. The number of esters is 1.